The van der Waals surface area contributed by atoms with Crippen LogP contribution < -0.4 is 16.4 Å². The van der Waals surface area contributed by atoms with Crippen LogP contribution in [-0.2, 0) is 9.59 Å². The van der Waals surface area contributed by atoms with Crippen molar-refractivity contribution in [2.45, 2.75) is 43.4 Å². The Bertz CT molecular complexity index is 1290. The number of benzene rings is 1. The predicted molar refractivity (Wildman–Crippen MR) is 133 cm³/mol. The molecule has 2 fully saturated rings. The minimum Gasteiger partial charge on any atom is -0.368 e. The number of nitrogens with zero attached hydrogens (tertiary/aromatic N) is 4. The number of hydrogen-bond donors (Lipinski definition) is 3. The van der Waals surface area contributed by atoms with Crippen LogP contribution in [0.2, 0.25) is 0 Å². The summed E-state index contributed by atoms with van der Waals surface area (Å²) in [5.74, 6) is -0.980. The quantitative estimate of drug-likeness (QED) is 0.400. The van der Waals surface area contributed by atoms with Gasteiger partial charge in [0.2, 0.25) is 23.7 Å². The van der Waals surface area contributed by atoms with Crippen LogP contribution in [0, 0.1) is 5.95 Å². The molecule has 3 atom stereocenters. The fraction of sp³-hybridized carbons (Fsp3) is 0.346. The number of likely N-dealkylation sites (tertiary alicyclic amines) is 1. The van der Waals surface area contributed by atoms with Gasteiger partial charge in [0.05, 0.1) is 24.8 Å². The molecule has 3 aromatic rings. The van der Waals surface area contributed by atoms with Gasteiger partial charge in [-0.25, -0.2) is 14.4 Å². The number of carbonyl (C=O) groups is 2. The second-order valence-corrected chi connectivity index (χ2v) is 9.29. The summed E-state index contributed by atoms with van der Waals surface area (Å²) in [6.45, 7) is -0.409. The number of hydrogen-bond acceptors (Lipinski definition) is 7. The van der Waals surface area contributed by atoms with E-state index in [0.717, 1.165) is 12.8 Å². The van der Waals surface area contributed by atoms with Crippen molar-refractivity contribution in [1.82, 2.24) is 25.2 Å². The van der Waals surface area contributed by atoms with Crippen molar-refractivity contribution in [2.75, 3.05) is 24.1 Å². The van der Waals surface area contributed by atoms with E-state index >= 15 is 0 Å². The highest BCUT2D eigenvalue weighted by atomic mass is 19.1. The molecule has 1 aliphatic heterocycles. The summed E-state index contributed by atoms with van der Waals surface area (Å²) in [6, 6.07) is 12.2. The number of nitrogens with one attached hydrogen (secondary N) is 2. The number of aromatic nitrogens is 3. The molecule has 3 heterocycles. The zero-order valence-corrected chi connectivity index (χ0v) is 20.0. The lowest BCUT2D eigenvalue weighted by Gasteiger charge is -2.27. The molecule has 37 heavy (non-hydrogen) atoms. The number of amides is 2. The van der Waals surface area contributed by atoms with Crippen LogP contribution in [0.5, 0.6) is 0 Å². The molecule has 0 spiro atoms. The van der Waals surface area contributed by atoms with Crippen molar-refractivity contribution in [1.29, 1.82) is 0 Å². The van der Waals surface area contributed by atoms with E-state index in [1.807, 2.05) is 6.07 Å². The number of nitrogens with two attached hydrogens (primary N) is 1. The molecule has 1 saturated carbocycles. The monoisotopic (exact) mass is 507 g/mol. The first kappa shape index (κ1) is 24.5. The maximum Gasteiger partial charge on any atom is 0.243 e. The molecule has 1 saturated heterocycles. The third-order valence-electron chi connectivity index (χ3n) is 6.60. The van der Waals surface area contributed by atoms with Crippen molar-refractivity contribution < 1.29 is 18.4 Å². The molecule has 11 heteroatoms. The topological polar surface area (TPSA) is 126 Å². The van der Waals surface area contributed by atoms with Gasteiger partial charge in [0.15, 0.2) is 0 Å². The Morgan fingerprint density at radius 1 is 1.11 bits per heavy atom. The average molecular weight is 508 g/mol. The van der Waals surface area contributed by atoms with Gasteiger partial charge >= 0.3 is 0 Å². The Balaban J connectivity index is 1.33. The molecular formula is C26H27F2N7O2. The van der Waals surface area contributed by atoms with Crippen molar-refractivity contribution in [3.63, 3.8) is 0 Å². The van der Waals surface area contributed by atoms with Crippen LogP contribution in [0.1, 0.15) is 48.0 Å². The molecule has 2 aromatic heterocycles. The van der Waals surface area contributed by atoms with E-state index in [2.05, 4.69) is 25.6 Å². The van der Waals surface area contributed by atoms with Gasteiger partial charge in [0.1, 0.15) is 18.0 Å². The number of carbonyl (C=O) groups excluding carboxylic acids is 2. The fourth-order valence-corrected chi connectivity index (χ4v) is 4.58. The second kappa shape index (κ2) is 10.5. The molecular weight excluding hydrogens is 480 g/mol. The fourth-order valence-electron chi connectivity index (χ4n) is 4.58. The molecule has 1 aromatic carbocycles. The van der Waals surface area contributed by atoms with Crippen molar-refractivity contribution in [2.24, 2.45) is 0 Å². The largest absolute Gasteiger partial charge is 0.368 e. The third kappa shape index (κ3) is 5.65. The standard InChI is InChI=1S/C26H27F2N7O2/c27-17-12-20(35(14-17)22(36)13-31-21-10-11-30-26(29)33-21)25(37)34-23(16-4-2-1-3-5-16)19-9-8-18(15-6-7-15)24(28)32-19/h1-5,8-11,15,17,20,23H,6-7,12-14H2,(H,34,37)(H3,29,30,31,33)/t17-,20+,23+/m1/s1. The first-order chi connectivity index (χ1) is 17.9. The van der Waals surface area contributed by atoms with E-state index in [9.17, 15) is 18.4 Å². The molecule has 0 bridgehead atoms. The Labute approximate surface area is 212 Å². The van der Waals surface area contributed by atoms with Gasteiger partial charge in [-0.05, 0) is 36.5 Å². The number of alkyl halides is 1. The van der Waals surface area contributed by atoms with Crippen molar-refractivity contribution in [3.8, 4) is 0 Å². The number of rotatable bonds is 8. The molecule has 2 amide bonds. The van der Waals surface area contributed by atoms with Crippen LogP contribution in [0.25, 0.3) is 0 Å². The van der Waals surface area contributed by atoms with Gasteiger partial charge in [-0.15, -0.1) is 0 Å². The van der Waals surface area contributed by atoms with E-state index in [4.69, 9.17) is 5.73 Å². The highest BCUT2D eigenvalue weighted by molar-refractivity contribution is 5.90. The van der Waals surface area contributed by atoms with E-state index in [1.165, 1.54) is 11.1 Å². The Morgan fingerprint density at radius 2 is 1.89 bits per heavy atom. The van der Waals surface area contributed by atoms with Crippen LogP contribution in [0.15, 0.2) is 54.7 Å². The summed E-state index contributed by atoms with van der Waals surface area (Å²) in [6.07, 6.45) is 1.83. The van der Waals surface area contributed by atoms with Crippen LogP contribution in [0.3, 0.4) is 0 Å². The number of halogens is 2. The summed E-state index contributed by atoms with van der Waals surface area (Å²) in [7, 11) is 0. The molecule has 192 valence electrons. The number of pyridine rings is 1. The minimum absolute atomic E-state index is 0.0434. The maximum atomic E-state index is 14.8. The van der Waals surface area contributed by atoms with Gasteiger partial charge in [0, 0.05) is 18.2 Å². The highest BCUT2D eigenvalue weighted by Crippen LogP contribution is 2.41. The summed E-state index contributed by atoms with van der Waals surface area (Å²) in [5.41, 5.74) is 7.16. The van der Waals surface area contributed by atoms with E-state index < -0.39 is 36.0 Å². The summed E-state index contributed by atoms with van der Waals surface area (Å²) >= 11 is 0. The lowest BCUT2D eigenvalue weighted by molar-refractivity contribution is -0.137. The van der Waals surface area contributed by atoms with Crippen LogP contribution in [-0.4, -0.2) is 57.0 Å². The zero-order valence-electron chi connectivity index (χ0n) is 20.0. The smallest absolute Gasteiger partial charge is 0.243 e. The lowest BCUT2D eigenvalue weighted by Crippen LogP contribution is -2.48. The lowest BCUT2D eigenvalue weighted by atomic mass is 10.0. The van der Waals surface area contributed by atoms with Gasteiger partial charge in [-0.2, -0.15) is 9.37 Å². The van der Waals surface area contributed by atoms with Crippen LogP contribution in [0.4, 0.5) is 20.5 Å². The molecule has 9 nitrogen and oxygen atoms in total. The van der Waals surface area contributed by atoms with Gasteiger partial charge in [-0.3, -0.25) is 9.59 Å². The van der Waals surface area contributed by atoms with E-state index in [0.29, 0.717) is 22.6 Å². The van der Waals surface area contributed by atoms with Crippen molar-refractivity contribution >= 4 is 23.6 Å². The number of anilines is 2. The Morgan fingerprint density at radius 3 is 2.59 bits per heavy atom. The normalized spacial score (nSPS) is 19.9. The zero-order chi connectivity index (χ0) is 25.9. The van der Waals surface area contributed by atoms with E-state index in [-0.39, 0.29) is 31.4 Å². The molecule has 2 aliphatic rings. The first-order valence-electron chi connectivity index (χ1n) is 12.2. The molecule has 0 unspecified atom stereocenters. The SMILES string of the molecule is Nc1nccc(NCC(=O)N2C[C@H](F)C[C@H]2C(=O)N[C@@H](c2ccccc2)c2ccc(C3CC3)c(F)n2)n1. The number of nitrogen functional groups attached to an aromatic ring is 1. The Hall–Kier alpha value is -4.15. The van der Waals surface area contributed by atoms with Gasteiger partial charge < -0.3 is 21.3 Å². The molecule has 0 radical (unpaired) electrons. The first-order valence-corrected chi connectivity index (χ1v) is 12.2. The molecule has 4 N–H and O–H groups in total. The summed E-state index contributed by atoms with van der Waals surface area (Å²) in [5, 5.41) is 5.71. The predicted octanol–water partition coefficient (Wildman–Crippen LogP) is 2.73. The molecule has 5 rings (SSSR count). The van der Waals surface area contributed by atoms with Gasteiger partial charge in [0.25, 0.3) is 0 Å². The highest BCUT2D eigenvalue weighted by Gasteiger charge is 2.40. The third-order valence-corrected chi connectivity index (χ3v) is 6.60. The summed E-state index contributed by atoms with van der Waals surface area (Å²) < 4.78 is 29.2. The second-order valence-electron chi connectivity index (χ2n) is 9.29. The minimum atomic E-state index is -1.35. The average Bonchev–Trinajstić information content (AvgIpc) is 3.66. The van der Waals surface area contributed by atoms with E-state index in [1.54, 1.807) is 42.5 Å². The van der Waals surface area contributed by atoms with Crippen molar-refractivity contribution in [3.05, 3.63) is 77.5 Å². The Kier molecular flexibility index (Phi) is 6.93. The maximum absolute atomic E-state index is 14.8. The van der Waals surface area contributed by atoms with Crippen LogP contribution >= 0.6 is 0 Å². The summed E-state index contributed by atoms with van der Waals surface area (Å²) in [4.78, 5) is 39.5. The molecule has 1 aliphatic carbocycles. The van der Waals surface area contributed by atoms with Gasteiger partial charge in [-0.1, -0.05) is 36.4 Å².